The number of amides is 1. The summed E-state index contributed by atoms with van der Waals surface area (Å²) >= 11 is 0. The first-order valence-corrected chi connectivity index (χ1v) is 10.1. The van der Waals surface area contributed by atoms with Crippen LogP contribution in [0.1, 0.15) is 74.8 Å². The molecule has 26 heavy (non-hydrogen) atoms. The lowest BCUT2D eigenvalue weighted by Gasteiger charge is -2.52. The van der Waals surface area contributed by atoms with Crippen molar-refractivity contribution in [2.75, 3.05) is 13.1 Å². The molecule has 1 aromatic carbocycles. The number of carbonyl (C=O) groups excluding carboxylic acids is 1. The van der Waals surface area contributed by atoms with Gasteiger partial charge in [-0.15, -0.1) is 0 Å². The molecule has 1 saturated heterocycles. The second kappa shape index (κ2) is 5.54. The van der Waals surface area contributed by atoms with Crippen LogP contribution < -0.4 is 0 Å². The molecule has 0 aromatic heterocycles. The number of benzene rings is 1. The maximum Gasteiger partial charge on any atom is 0.225 e. The molecule has 3 saturated carbocycles. The van der Waals surface area contributed by atoms with E-state index in [0.717, 1.165) is 44.3 Å². The van der Waals surface area contributed by atoms with Crippen molar-refractivity contribution in [3.8, 4) is 0 Å². The van der Waals surface area contributed by atoms with E-state index in [9.17, 15) is 14.3 Å². The molecule has 0 unspecified atom stereocenters. The number of aliphatic hydroxyl groups is 1. The molecule has 1 amide bonds. The van der Waals surface area contributed by atoms with E-state index in [1.807, 2.05) is 17.9 Å². The van der Waals surface area contributed by atoms with E-state index in [-0.39, 0.29) is 23.1 Å². The van der Waals surface area contributed by atoms with Crippen molar-refractivity contribution in [1.29, 1.82) is 0 Å². The summed E-state index contributed by atoms with van der Waals surface area (Å²) < 4.78 is 14.0. The Morgan fingerprint density at radius 3 is 2.54 bits per heavy atom. The number of hydrogen-bond donors (Lipinski definition) is 1. The molecule has 1 aromatic rings. The first-order valence-electron chi connectivity index (χ1n) is 10.1. The van der Waals surface area contributed by atoms with Gasteiger partial charge in [0.05, 0.1) is 5.60 Å². The molecular weight excluding hydrogens is 329 g/mol. The predicted molar refractivity (Wildman–Crippen MR) is 97.3 cm³/mol. The van der Waals surface area contributed by atoms with Gasteiger partial charge < -0.3 is 10.0 Å². The third-order valence-electron chi connectivity index (χ3n) is 7.30. The molecule has 4 aliphatic rings. The van der Waals surface area contributed by atoms with Gasteiger partial charge in [0.15, 0.2) is 0 Å². The summed E-state index contributed by atoms with van der Waals surface area (Å²) in [6, 6.07) is 5.75. The Morgan fingerprint density at radius 1 is 1.15 bits per heavy atom. The fourth-order valence-corrected chi connectivity index (χ4v) is 5.66. The highest BCUT2D eigenvalue weighted by atomic mass is 19.1. The van der Waals surface area contributed by atoms with Gasteiger partial charge in [0.2, 0.25) is 5.91 Å². The maximum absolute atomic E-state index is 14.0. The van der Waals surface area contributed by atoms with Crippen molar-refractivity contribution in [2.45, 2.75) is 69.3 Å². The lowest BCUT2D eigenvalue weighted by Crippen LogP contribution is -2.61. The van der Waals surface area contributed by atoms with Crippen LogP contribution in [0.4, 0.5) is 4.39 Å². The Kier molecular flexibility index (Phi) is 3.57. The Bertz CT molecular complexity index is 741. The summed E-state index contributed by atoms with van der Waals surface area (Å²) in [6.07, 6.45) is 6.90. The van der Waals surface area contributed by atoms with Crippen LogP contribution >= 0.6 is 0 Å². The fraction of sp³-hybridized carbons (Fsp3) is 0.682. The number of likely N-dealkylation sites (tertiary alicyclic amines) is 1. The number of hydrogen-bond acceptors (Lipinski definition) is 2. The van der Waals surface area contributed by atoms with Gasteiger partial charge in [0.25, 0.3) is 0 Å². The summed E-state index contributed by atoms with van der Waals surface area (Å²) in [5.74, 6) is 1.18. The van der Waals surface area contributed by atoms with Crippen LogP contribution in [-0.4, -0.2) is 34.6 Å². The highest BCUT2D eigenvalue weighted by Crippen LogP contribution is 2.53. The first-order chi connectivity index (χ1) is 12.3. The normalized spacial score (nSPS) is 35.3. The molecule has 4 fully saturated rings. The van der Waals surface area contributed by atoms with Gasteiger partial charge in [0.1, 0.15) is 5.82 Å². The molecular formula is C22H28FNO2. The standard InChI is InChI=1S/C22H28FNO2/c1-21(26)9-17(10-21)20(25)24-12-22(13-24)7-6-16(11-22)15-4-5-19(23)18(8-15)14-2-3-14/h4-5,8,14,16-17,26H,2-3,6-7,9-13H2,1H3/t16-,17?,21?/m1/s1. The third-order valence-corrected chi connectivity index (χ3v) is 7.30. The van der Waals surface area contributed by atoms with E-state index < -0.39 is 5.60 Å². The van der Waals surface area contributed by atoms with Gasteiger partial charge in [-0.2, -0.15) is 0 Å². The summed E-state index contributed by atoms with van der Waals surface area (Å²) in [5, 5.41) is 9.86. The van der Waals surface area contributed by atoms with Crippen molar-refractivity contribution >= 4 is 5.91 Å². The van der Waals surface area contributed by atoms with Gasteiger partial charge in [-0.3, -0.25) is 4.79 Å². The monoisotopic (exact) mass is 357 g/mol. The molecule has 5 rings (SSSR count). The number of rotatable bonds is 3. The van der Waals surface area contributed by atoms with E-state index >= 15 is 0 Å². The number of nitrogens with zero attached hydrogens (tertiary/aromatic N) is 1. The molecule has 1 heterocycles. The van der Waals surface area contributed by atoms with Crippen LogP contribution in [0.2, 0.25) is 0 Å². The van der Waals surface area contributed by atoms with Gasteiger partial charge in [-0.1, -0.05) is 12.1 Å². The van der Waals surface area contributed by atoms with Crippen LogP contribution in [0.3, 0.4) is 0 Å². The molecule has 1 N–H and O–H groups in total. The average molecular weight is 357 g/mol. The molecule has 3 aliphatic carbocycles. The van der Waals surface area contributed by atoms with Crippen LogP contribution in [0, 0.1) is 17.2 Å². The van der Waals surface area contributed by atoms with Crippen LogP contribution in [0.5, 0.6) is 0 Å². The second-order valence-electron chi connectivity index (χ2n) is 9.79. The molecule has 0 radical (unpaired) electrons. The smallest absolute Gasteiger partial charge is 0.225 e. The minimum absolute atomic E-state index is 0.0257. The molecule has 3 nitrogen and oxygen atoms in total. The van der Waals surface area contributed by atoms with E-state index in [0.29, 0.717) is 24.7 Å². The van der Waals surface area contributed by atoms with Gasteiger partial charge in [0, 0.05) is 24.4 Å². The zero-order chi connectivity index (χ0) is 18.1. The SMILES string of the molecule is CC1(O)CC(C(=O)N2CC3(CC[C@@H](c4ccc(F)c(C5CC5)c4)C3)C2)C1. The zero-order valence-electron chi connectivity index (χ0n) is 15.5. The topological polar surface area (TPSA) is 40.5 Å². The largest absolute Gasteiger partial charge is 0.390 e. The highest BCUT2D eigenvalue weighted by Gasteiger charge is 2.53. The van der Waals surface area contributed by atoms with Crippen LogP contribution in [0.15, 0.2) is 18.2 Å². The first kappa shape index (κ1) is 16.7. The summed E-state index contributed by atoms with van der Waals surface area (Å²) in [7, 11) is 0. The summed E-state index contributed by atoms with van der Waals surface area (Å²) in [4.78, 5) is 14.5. The Balaban J connectivity index is 1.21. The van der Waals surface area contributed by atoms with Crippen molar-refractivity contribution in [3.05, 3.63) is 35.1 Å². The average Bonchev–Trinajstić information content (AvgIpc) is 3.28. The lowest BCUT2D eigenvalue weighted by molar-refractivity contribution is -0.161. The summed E-state index contributed by atoms with van der Waals surface area (Å²) in [5.41, 5.74) is 1.86. The van der Waals surface area contributed by atoms with Gasteiger partial charge in [-0.25, -0.2) is 4.39 Å². The van der Waals surface area contributed by atoms with Crippen LogP contribution in [-0.2, 0) is 4.79 Å². The number of carbonyl (C=O) groups is 1. The van der Waals surface area contributed by atoms with Crippen molar-refractivity contribution in [3.63, 3.8) is 0 Å². The second-order valence-corrected chi connectivity index (χ2v) is 9.79. The van der Waals surface area contributed by atoms with Crippen LogP contribution in [0.25, 0.3) is 0 Å². The third kappa shape index (κ3) is 2.77. The van der Waals surface area contributed by atoms with E-state index in [2.05, 4.69) is 6.07 Å². The maximum atomic E-state index is 14.0. The minimum Gasteiger partial charge on any atom is -0.390 e. The van der Waals surface area contributed by atoms with Crippen molar-refractivity contribution in [2.24, 2.45) is 11.3 Å². The lowest BCUT2D eigenvalue weighted by atomic mass is 9.69. The minimum atomic E-state index is -0.636. The Morgan fingerprint density at radius 2 is 1.88 bits per heavy atom. The molecule has 140 valence electrons. The van der Waals surface area contributed by atoms with Gasteiger partial charge >= 0.3 is 0 Å². The molecule has 4 heteroatoms. The fourth-order valence-electron chi connectivity index (χ4n) is 5.66. The van der Waals surface area contributed by atoms with E-state index in [1.165, 1.54) is 12.0 Å². The van der Waals surface area contributed by atoms with E-state index in [4.69, 9.17) is 0 Å². The van der Waals surface area contributed by atoms with Crippen molar-refractivity contribution < 1.29 is 14.3 Å². The Hall–Kier alpha value is -1.42. The molecule has 1 aliphatic heterocycles. The molecule has 1 atom stereocenters. The zero-order valence-corrected chi connectivity index (χ0v) is 15.5. The van der Waals surface area contributed by atoms with Crippen molar-refractivity contribution in [1.82, 2.24) is 4.90 Å². The molecule has 1 spiro atoms. The molecule has 0 bridgehead atoms. The summed E-state index contributed by atoms with van der Waals surface area (Å²) in [6.45, 7) is 3.56. The highest BCUT2D eigenvalue weighted by molar-refractivity contribution is 5.81. The van der Waals surface area contributed by atoms with Gasteiger partial charge in [-0.05, 0) is 80.9 Å². The number of halogens is 1. The van der Waals surface area contributed by atoms with E-state index in [1.54, 1.807) is 6.07 Å². The quantitative estimate of drug-likeness (QED) is 0.889. The Labute approximate surface area is 154 Å². The predicted octanol–water partition coefficient (Wildman–Crippen LogP) is 3.96.